The van der Waals surface area contributed by atoms with E-state index in [0.29, 0.717) is 18.6 Å². The molecule has 0 atom stereocenters. The number of rotatable bonds is 5. The molecule has 0 aliphatic carbocycles. The Balaban J connectivity index is 2.22. The molecule has 1 aromatic heterocycles. The van der Waals surface area contributed by atoms with Gasteiger partial charge in [-0.2, -0.15) is 0 Å². The number of benzene rings is 1. The Labute approximate surface area is 116 Å². The number of aromatic nitrogens is 1. The summed E-state index contributed by atoms with van der Waals surface area (Å²) in [4.78, 5) is 11.3. The molecule has 18 heavy (non-hydrogen) atoms. The predicted molar refractivity (Wildman–Crippen MR) is 78.9 cm³/mol. The summed E-state index contributed by atoms with van der Waals surface area (Å²) in [6.45, 7) is 4.95. The first kappa shape index (κ1) is 13.3. The van der Waals surface area contributed by atoms with Gasteiger partial charge in [-0.3, -0.25) is 4.79 Å². The SMILES string of the molecule is CCC(=O)CCCn1c(C)c(Br)c2ccccc21. The molecule has 0 unspecified atom stereocenters. The third-order valence-corrected chi connectivity index (χ3v) is 4.39. The van der Waals surface area contributed by atoms with Gasteiger partial charge in [0.2, 0.25) is 0 Å². The van der Waals surface area contributed by atoms with E-state index in [0.717, 1.165) is 13.0 Å². The molecular formula is C15H18BrNO. The minimum Gasteiger partial charge on any atom is -0.344 e. The molecule has 0 radical (unpaired) electrons. The smallest absolute Gasteiger partial charge is 0.132 e. The maximum atomic E-state index is 11.3. The standard InChI is InChI=1S/C15H18BrNO/c1-3-12(18)7-6-10-17-11(2)15(16)13-8-4-5-9-14(13)17/h4-5,8-9H,3,6-7,10H2,1-2H3. The molecule has 0 aliphatic rings. The number of carbonyl (C=O) groups is 1. The molecule has 96 valence electrons. The molecule has 2 aromatic rings. The molecule has 0 amide bonds. The van der Waals surface area contributed by atoms with E-state index in [1.54, 1.807) is 0 Å². The second-order valence-corrected chi connectivity index (χ2v) is 5.36. The second kappa shape index (κ2) is 5.70. The molecule has 0 bridgehead atoms. The fraction of sp³-hybridized carbons (Fsp3) is 0.400. The van der Waals surface area contributed by atoms with Crippen LogP contribution < -0.4 is 0 Å². The summed E-state index contributed by atoms with van der Waals surface area (Å²) in [6.07, 6.45) is 2.24. The van der Waals surface area contributed by atoms with Crippen LogP contribution in [0.25, 0.3) is 10.9 Å². The molecule has 2 rings (SSSR count). The zero-order chi connectivity index (χ0) is 13.1. The van der Waals surface area contributed by atoms with Crippen molar-refractivity contribution < 1.29 is 4.79 Å². The quantitative estimate of drug-likeness (QED) is 0.798. The number of aryl methyl sites for hydroxylation is 1. The van der Waals surface area contributed by atoms with Crippen LogP contribution in [0, 0.1) is 6.92 Å². The number of para-hydroxylation sites is 1. The first-order chi connectivity index (χ1) is 8.65. The number of hydrogen-bond acceptors (Lipinski definition) is 1. The molecule has 1 aromatic carbocycles. The summed E-state index contributed by atoms with van der Waals surface area (Å²) < 4.78 is 3.46. The fourth-order valence-corrected chi connectivity index (χ4v) is 2.84. The molecule has 0 fully saturated rings. The molecule has 0 saturated heterocycles. The van der Waals surface area contributed by atoms with Crippen molar-refractivity contribution in [2.75, 3.05) is 0 Å². The Kier molecular flexibility index (Phi) is 4.23. The zero-order valence-corrected chi connectivity index (χ0v) is 12.5. The van der Waals surface area contributed by atoms with Gasteiger partial charge in [-0.25, -0.2) is 0 Å². The Bertz CT molecular complexity index is 571. The van der Waals surface area contributed by atoms with Gasteiger partial charge in [-0.05, 0) is 35.3 Å². The molecule has 0 spiro atoms. The van der Waals surface area contributed by atoms with E-state index in [1.807, 2.05) is 6.92 Å². The minimum atomic E-state index is 0.350. The summed E-state index contributed by atoms with van der Waals surface area (Å²) in [5.41, 5.74) is 2.48. The van der Waals surface area contributed by atoms with Gasteiger partial charge >= 0.3 is 0 Å². The van der Waals surface area contributed by atoms with Gasteiger partial charge in [0.15, 0.2) is 0 Å². The lowest BCUT2D eigenvalue weighted by Crippen LogP contribution is -2.03. The monoisotopic (exact) mass is 307 g/mol. The lowest BCUT2D eigenvalue weighted by Gasteiger charge is -2.07. The molecule has 1 heterocycles. The van der Waals surface area contributed by atoms with Crippen molar-refractivity contribution >= 4 is 32.6 Å². The summed E-state index contributed by atoms with van der Waals surface area (Å²) in [7, 11) is 0. The van der Waals surface area contributed by atoms with Crippen LogP contribution in [0.5, 0.6) is 0 Å². The molecule has 3 heteroatoms. The third-order valence-electron chi connectivity index (χ3n) is 3.39. The highest BCUT2D eigenvalue weighted by Gasteiger charge is 2.11. The third kappa shape index (κ3) is 2.51. The van der Waals surface area contributed by atoms with E-state index in [1.165, 1.54) is 21.1 Å². The van der Waals surface area contributed by atoms with Crippen LogP contribution in [0.4, 0.5) is 0 Å². The number of hydrogen-bond donors (Lipinski definition) is 0. The molecular weight excluding hydrogens is 290 g/mol. The van der Waals surface area contributed by atoms with Gasteiger partial charge < -0.3 is 4.57 Å². The highest BCUT2D eigenvalue weighted by Crippen LogP contribution is 2.30. The lowest BCUT2D eigenvalue weighted by atomic mass is 10.2. The number of ketones is 1. The van der Waals surface area contributed by atoms with Crippen molar-refractivity contribution in [3.63, 3.8) is 0 Å². The maximum Gasteiger partial charge on any atom is 0.132 e. The summed E-state index contributed by atoms with van der Waals surface area (Å²) in [5, 5.41) is 1.25. The van der Waals surface area contributed by atoms with E-state index >= 15 is 0 Å². The first-order valence-electron chi connectivity index (χ1n) is 6.40. The van der Waals surface area contributed by atoms with Crippen LogP contribution in [-0.4, -0.2) is 10.4 Å². The van der Waals surface area contributed by atoms with Gasteiger partial charge in [-0.1, -0.05) is 25.1 Å². The average Bonchev–Trinajstić information content (AvgIpc) is 2.64. The van der Waals surface area contributed by atoms with Crippen molar-refractivity contribution in [2.45, 2.75) is 39.7 Å². The normalized spacial score (nSPS) is 11.1. The molecule has 2 nitrogen and oxygen atoms in total. The number of nitrogens with zero attached hydrogens (tertiary/aromatic N) is 1. The van der Waals surface area contributed by atoms with Gasteiger partial charge in [-0.15, -0.1) is 0 Å². The largest absolute Gasteiger partial charge is 0.344 e. The van der Waals surface area contributed by atoms with Crippen LogP contribution in [0.2, 0.25) is 0 Å². The van der Waals surface area contributed by atoms with Crippen LogP contribution in [-0.2, 0) is 11.3 Å². The number of fused-ring (bicyclic) bond motifs is 1. The van der Waals surface area contributed by atoms with Gasteiger partial charge in [0.1, 0.15) is 5.78 Å². The zero-order valence-electron chi connectivity index (χ0n) is 10.9. The Hall–Kier alpha value is -1.09. The van der Waals surface area contributed by atoms with Crippen molar-refractivity contribution in [2.24, 2.45) is 0 Å². The summed E-state index contributed by atoms with van der Waals surface area (Å²) in [6, 6.07) is 8.37. The molecule has 0 aliphatic heterocycles. The van der Waals surface area contributed by atoms with Crippen LogP contribution >= 0.6 is 15.9 Å². The van der Waals surface area contributed by atoms with E-state index in [2.05, 4.69) is 51.7 Å². The van der Waals surface area contributed by atoms with Gasteiger partial charge in [0, 0.05) is 40.5 Å². The van der Waals surface area contributed by atoms with E-state index in [4.69, 9.17) is 0 Å². The second-order valence-electron chi connectivity index (χ2n) is 4.56. The van der Waals surface area contributed by atoms with Gasteiger partial charge in [0.05, 0.1) is 0 Å². The van der Waals surface area contributed by atoms with Crippen molar-refractivity contribution in [1.29, 1.82) is 0 Å². The maximum absolute atomic E-state index is 11.3. The Morgan fingerprint density at radius 3 is 2.78 bits per heavy atom. The predicted octanol–water partition coefficient (Wildman–Crippen LogP) is 4.47. The Morgan fingerprint density at radius 2 is 2.06 bits per heavy atom. The fourth-order valence-electron chi connectivity index (χ4n) is 2.29. The van der Waals surface area contributed by atoms with E-state index in [9.17, 15) is 4.79 Å². The lowest BCUT2D eigenvalue weighted by molar-refractivity contribution is -0.118. The van der Waals surface area contributed by atoms with Gasteiger partial charge in [0.25, 0.3) is 0 Å². The topological polar surface area (TPSA) is 22.0 Å². The van der Waals surface area contributed by atoms with Crippen molar-refractivity contribution in [3.05, 3.63) is 34.4 Å². The highest BCUT2D eigenvalue weighted by atomic mass is 79.9. The highest BCUT2D eigenvalue weighted by molar-refractivity contribution is 9.10. The van der Waals surface area contributed by atoms with Crippen molar-refractivity contribution in [1.82, 2.24) is 4.57 Å². The molecule has 0 saturated carbocycles. The number of carbonyl (C=O) groups excluding carboxylic acids is 1. The number of halogens is 1. The van der Waals surface area contributed by atoms with Crippen LogP contribution in [0.1, 0.15) is 31.9 Å². The number of Topliss-reactive ketones (excluding diaryl/α,β-unsaturated/α-hetero) is 1. The minimum absolute atomic E-state index is 0.350. The first-order valence-corrected chi connectivity index (χ1v) is 7.19. The van der Waals surface area contributed by atoms with E-state index < -0.39 is 0 Å². The summed E-state index contributed by atoms with van der Waals surface area (Å²) in [5.74, 6) is 0.350. The van der Waals surface area contributed by atoms with Crippen LogP contribution in [0.15, 0.2) is 28.7 Å². The van der Waals surface area contributed by atoms with Crippen molar-refractivity contribution in [3.8, 4) is 0 Å². The Morgan fingerprint density at radius 1 is 1.33 bits per heavy atom. The summed E-state index contributed by atoms with van der Waals surface area (Å²) >= 11 is 3.65. The van der Waals surface area contributed by atoms with Crippen LogP contribution in [0.3, 0.4) is 0 Å². The van der Waals surface area contributed by atoms with E-state index in [-0.39, 0.29) is 0 Å². The molecule has 0 N–H and O–H groups in total. The average molecular weight is 308 g/mol.